The SMILES string of the molecule is CCOC(=O)c1c(N2CCN(C)CC2)c2cc(F)ccc2n(Cc2ccccn2)c1=O. The number of piperazine rings is 1. The highest BCUT2D eigenvalue weighted by Gasteiger charge is 2.29. The van der Waals surface area contributed by atoms with Crippen LogP contribution in [0.2, 0.25) is 0 Å². The number of fused-ring (bicyclic) bond motifs is 1. The lowest BCUT2D eigenvalue weighted by Gasteiger charge is -2.35. The summed E-state index contributed by atoms with van der Waals surface area (Å²) in [7, 11) is 2.02. The number of halogens is 1. The smallest absolute Gasteiger partial charge is 0.345 e. The number of hydrogen-bond acceptors (Lipinski definition) is 6. The van der Waals surface area contributed by atoms with Gasteiger partial charge in [0.05, 0.1) is 30.0 Å². The van der Waals surface area contributed by atoms with Gasteiger partial charge in [-0.05, 0) is 44.3 Å². The number of likely N-dealkylation sites (N-methyl/N-ethyl adjacent to an activating group) is 1. The second-order valence-electron chi connectivity index (χ2n) is 7.61. The van der Waals surface area contributed by atoms with Crippen molar-refractivity contribution in [2.45, 2.75) is 13.5 Å². The lowest BCUT2D eigenvalue weighted by molar-refractivity contribution is 0.0524. The zero-order chi connectivity index (χ0) is 22.0. The number of rotatable bonds is 5. The fourth-order valence-electron chi connectivity index (χ4n) is 3.97. The molecule has 7 nitrogen and oxygen atoms in total. The van der Waals surface area contributed by atoms with E-state index in [2.05, 4.69) is 9.88 Å². The van der Waals surface area contributed by atoms with Crippen molar-refractivity contribution in [1.82, 2.24) is 14.5 Å². The van der Waals surface area contributed by atoms with Crippen molar-refractivity contribution in [2.75, 3.05) is 44.7 Å². The molecule has 0 unspecified atom stereocenters. The summed E-state index contributed by atoms with van der Waals surface area (Å²) in [5.74, 6) is -1.12. The van der Waals surface area contributed by atoms with E-state index in [9.17, 15) is 14.0 Å². The number of carbonyl (C=O) groups excluding carboxylic acids is 1. The van der Waals surface area contributed by atoms with E-state index < -0.39 is 17.3 Å². The average molecular weight is 424 g/mol. The Labute approximate surface area is 179 Å². The zero-order valence-electron chi connectivity index (χ0n) is 17.7. The number of anilines is 1. The standard InChI is InChI=1S/C23H25FN4O3/c1-3-31-23(30)20-21(27-12-10-26(2)11-13-27)18-14-16(24)7-8-19(18)28(22(20)29)15-17-6-4-5-9-25-17/h4-9,14H,3,10-13,15H2,1-2H3. The van der Waals surface area contributed by atoms with Crippen molar-refractivity contribution in [3.8, 4) is 0 Å². The van der Waals surface area contributed by atoms with Crippen molar-refractivity contribution in [1.29, 1.82) is 0 Å². The number of esters is 1. The maximum absolute atomic E-state index is 14.3. The molecular formula is C23H25FN4O3. The van der Waals surface area contributed by atoms with Gasteiger partial charge < -0.3 is 19.1 Å². The Balaban J connectivity index is 1.99. The van der Waals surface area contributed by atoms with E-state index in [1.165, 1.54) is 16.7 Å². The molecule has 0 radical (unpaired) electrons. The lowest BCUT2D eigenvalue weighted by atomic mass is 10.1. The fourth-order valence-corrected chi connectivity index (χ4v) is 3.97. The molecule has 0 spiro atoms. The Hall–Kier alpha value is -3.26. The monoisotopic (exact) mass is 424 g/mol. The largest absolute Gasteiger partial charge is 0.462 e. The molecule has 0 N–H and O–H groups in total. The molecule has 0 saturated carbocycles. The molecule has 0 atom stereocenters. The van der Waals surface area contributed by atoms with E-state index in [1.54, 1.807) is 31.3 Å². The highest BCUT2D eigenvalue weighted by molar-refractivity contribution is 6.05. The van der Waals surface area contributed by atoms with Crippen LogP contribution >= 0.6 is 0 Å². The van der Waals surface area contributed by atoms with Crippen molar-refractivity contribution in [3.63, 3.8) is 0 Å². The summed E-state index contributed by atoms with van der Waals surface area (Å²) >= 11 is 0. The van der Waals surface area contributed by atoms with Crippen LogP contribution in [0.3, 0.4) is 0 Å². The molecule has 8 heteroatoms. The normalized spacial score (nSPS) is 14.7. The first kappa shape index (κ1) is 21.0. The van der Waals surface area contributed by atoms with Gasteiger partial charge in [0.2, 0.25) is 0 Å². The molecule has 1 fully saturated rings. The summed E-state index contributed by atoms with van der Waals surface area (Å²) < 4.78 is 21.1. The predicted molar refractivity (Wildman–Crippen MR) is 117 cm³/mol. The Morgan fingerprint density at radius 1 is 1.16 bits per heavy atom. The van der Waals surface area contributed by atoms with Gasteiger partial charge in [-0.2, -0.15) is 0 Å². The van der Waals surface area contributed by atoms with Crippen molar-refractivity contribution < 1.29 is 13.9 Å². The third-order valence-electron chi connectivity index (χ3n) is 5.55. The lowest BCUT2D eigenvalue weighted by Crippen LogP contribution is -2.46. The first-order valence-corrected chi connectivity index (χ1v) is 10.4. The summed E-state index contributed by atoms with van der Waals surface area (Å²) in [5, 5.41) is 0.517. The summed E-state index contributed by atoms with van der Waals surface area (Å²) in [4.78, 5) is 35.0. The second kappa shape index (κ2) is 8.85. The van der Waals surface area contributed by atoms with Crippen LogP contribution in [0.5, 0.6) is 0 Å². The first-order chi connectivity index (χ1) is 15.0. The van der Waals surface area contributed by atoms with Gasteiger partial charge in [-0.1, -0.05) is 6.07 Å². The second-order valence-corrected chi connectivity index (χ2v) is 7.61. The molecule has 0 bridgehead atoms. The topological polar surface area (TPSA) is 67.7 Å². The summed E-state index contributed by atoms with van der Waals surface area (Å²) in [6.07, 6.45) is 1.65. The van der Waals surface area contributed by atoms with Crippen molar-refractivity contribution in [2.24, 2.45) is 0 Å². The Morgan fingerprint density at radius 3 is 2.61 bits per heavy atom. The van der Waals surface area contributed by atoms with E-state index in [4.69, 9.17) is 4.74 Å². The molecule has 1 saturated heterocycles. The van der Waals surface area contributed by atoms with Crippen molar-refractivity contribution in [3.05, 3.63) is 70.0 Å². The molecule has 31 heavy (non-hydrogen) atoms. The molecule has 1 aliphatic rings. The molecular weight excluding hydrogens is 399 g/mol. The number of aromatic nitrogens is 2. The van der Waals surface area contributed by atoms with E-state index in [-0.39, 0.29) is 18.7 Å². The number of ether oxygens (including phenoxy) is 1. The van der Waals surface area contributed by atoms with Gasteiger partial charge in [0.1, 0.15) is 11.4 Å². The molecule has 4 rings (SSSR count). The highest BCUT2D eigenvalue weighted by Crippen LogP contribution is 2.31. The van der Waals surface area contributed by atoms with Gasteiger partial charge in [-0.25, -0.2) is 9.18 Å². The van der Waals surface area contributed by atoms with Crippen LogP contribution in [0.25, 0.3) is 10.9 Å². The van der Waals surface area contributed by atoms with E-state index in [1.807, 2.05) is 18.0 Å². The van der Waals surface area contributed by atoms with E-state index in [0.29, 0.717) is 35.4 Å². The Bertz CT molecular complexity index is 1150. The number of hydrogen-bond donors (Lipinski definition) is 0. The van der Waals surface area contributed by atoms with Crippen LogP contribution in [0.1, 0.15) is 23.0 Å². The van der Waals surface area contributed by atoms with Crippen LogP contribution in [0.15, 0.2) is 47.4 Å². The van der Waals surface area contributed by atoms with Gasteiger partial charge in [0, 0.05) is 37.8 Å². The zero-order valence-corrected chi connectivity index (χ0v) is 17.7. The van der Waals surface area contributed by atoms with Gasteiger partial charge >= 0.3 is 5.97 Å². The molecule has 3 aromatic rings. The minimum atomic E-state index is -0.692. The minimum Gasteiger partial charge on any atom is -0.462 e. The quantitative estimate of drug-likeness (QED) is 0.587. The summed E-state index contributed by atoms with van der Waals surface area (Å²) in [6.45, 7) is 4.79. The van der Waals surface area contributed by atoms with Gasteiger partial charge in [-0.3, -0.25) is 9.78 Å². The van der Waals surface area contributed by atoms with Gasteiger partial charge in [-0.15, -0.1) is 0 Å². The van der Waals surface area contributed by atoms with Crippen LogP contribution < -0.4 is 10.5 Å². The maximum Gasteiger partial charge on any atom is 0.345 e. The minimum absolute atomic E-state index is 0.0552. The van der Waals surface area contributed by atoms with E-state index in [0.717, 1.165) is 13.1 Å². The van der Waals surface area contributed by atoms with Crippen LogP contribution in [0, 0.1) is 5.82 Å². The van der Waals surface area contributed by atoms with Crippen LogP contribution in [-0.4, -0.2) is 60.3 Å². The summed E-state index contributed by atoms with van der Waals surface area (Å²) in [6, 6.07) is 9.73. The number of benzene rings is 1. The van der Waals surface area contributed by atoms with Crippen molar-refractivity contribution >= 4 is 22.6 Å². The van der Waals surface area contributed by atoms with Crippen LogP contribution in [-0.2, 0) is 11.3 Å². The third-order valence-corrected chi connectivity index (χ3v) is 5.55. The Kier molecular flexibility index (Phi) is 5.99. The third kappa shape index (κ3) is 4.16. The first-order valence-electron chi connectivity index (χ1n) is 10.4. The number of nitrogens with zero attached hydrogens (tertiary/aromatic N) is 4. The van der Waals surface area contributed by atoms with Crippen LogP contribution in [0.4, 0.5) is 10.1 Å². The molecule has 1 aliphatic heterocycles. The average Bonchev–Trinajstić information content (AvgIpc) is 2.77. The van der Waals surface area contributed by atoms with Gasteiger partial charge in [0.25, 0.3) is 5.56 Å². The number of pyridine rings is 2. The fraction of sp³-hybridized carbons (Fsp3) is 0.348. The van der Waals surface area contributed by atoms with E-state index >= 15 is 0 Å². The molecule has 1 aromatic carbocycles. The number of carbonyl (C=O) groups is 1. The molecule has 2 aromatic heterocycles. The highest BCUT2D eigenvalue weighted by atomic mass is 19.1. The predicted octanol–water partition coefficient (Wildman–Crippen LogP) is 2.51. The molecule has 162 valence electrons. The molecule has 3 heterocycles. The van der Waals surface area contributed by atoms with Gasteiger partial charge in [0.15, 0.2) is 0 Å². The maximum atomic E-state index is 14.3. The molecule has 0 aliphatic carbocycles. The molecule has 0 amide bonds. The Morgan fingerprint density at radius 2 is 1.94 bits per heavy atom. The summed E-state index contributed by atoms with van der Waals surface area (Å²) in [5.41, 5.74) is 1.15.